The minimum Gasteiger partial charge on any atom is -0.475 e. The number of fused-ring (bicyclic) bond motifs is 1. The van der Waals surface area contributed by atoms with Crippen molar-refractivity contribution in [2.45, 2.75) is 43.7 Å². The van der Waals surface area contributed by atoms with Crippen LogP contribution in [0.3, 0.4) is 0 Å². The Morgan fingerprint density at radius 2 is 2.00 bits per heavy atom. The molecule has 0 radical (unpaired) electrons. The van der Waals surface area contributed by atoms with Gasteiger partial charge in [0.15, 0.2) is 0 Å². The Kier molecular flexibility index (Phi) is 6.47. The van der Waals surface area contributed by atoms with Gasteiger partial charge in [0.1, 0.15) is 5.52 Å². The van der Waals surface area contributed by atoms with Gasteiger partial charge in [0.25, 0.3) is 5.56 Å². The van der Waals surface area contributed by atoms with Crippen LogP contribution in [0.4, 0.5) is 13.2 Å². The van der Waals surface area contributed by atoms with Gasteiger partial charge in [-0.05, 0) is 19.3 Å². The third-order valence-corrected chi connectivity index (χ3v) is 4.56. The number of nitrogens with zero attached hydrogens (tertiary/aromatic N) is 3. The van der Waals surface area contributed by atoms with Gasteiger partial charge in [0.2, 0.25) is 0 Å². The topological polar surface area (TPSA) is 129 Å². The van der Waals surface area contributed by atoms with E-state index in [1.807, 2.05) is 0 Å². The Morgan fingerprint density at radius 3 is 2.50 bits per heavy atom. The van der Waals surface area contributed by atoms with Crippen molar-refractivity contribution in [3.63, 3.8) is 0 Å². The molecule has 1 atom stereocenters. The molecule has 0 bridgehead atoms. The number of aliphatic hydroxyl groups excluding tert-OH is 1. The van der Waals surface area contributed by atoms with E-state index in [2.05, 4.69) is 10.4 Å². The van der Waals surface area contributed by atoms with Crippen LogP contribution in [0, 0.1) is 0 Å². The molecule has 1 aliphatic rings. The first-order valence-corrected chi connectivity index (χ1v) is 8.39. The first kappa shape index (κ1) is 21.9. The molecule has 28 heavy (non-hydrogen) atoms. The smallest absolute Gasteiger partial charge is 0.475 e. The van der Waals surface area contributed by atoms with Crippen LogP contribution in [0.1, 0.15) is 24.8 Å². The number of alkyl halides is 3. The number of rotatable bonds is 5. The molecule has 12 heteroatoms. The van der Waals surface area contributed by atoms with E-state index in [0.29, 0.717) is 31.4 Å². The Morgan fingerprint density at radius 1 is 1.39 bits per heavy atom. The maximum absolute atomic E-state index is 12.1. The molecule has 4 N–H and O–H groups in total. The Hall–Kier alpha value is -2.44. The molecule has 1 unspecified atom stereocenters. The zero-order chi connectivity index (χ0) is 21.1. The molecule has 0 aromatic carbocycles. The number of halogens is 3. The highest BCUT2D eigenvalue weighted by molar-refractivity contribution is 5.73. The highest BCUT2D eigenvalue weighted by Crippen LogP contribution is 2.34. The third-order valence-electron chi connectivity index (χ3n) is 4.56. The molecule has 0 aliphatic heterocycles. The minimum absolute atomic E-state index is 0.107. The molecule has 1 fully saturated rings. The average molecular weight is 406 g/mol. The molecular weight excluding hydrogens is 385 g/mol. The van der Waals surface area contributed by atoms with Crippen molar-refractivity contribution in [3.8, 4) is 0 Å². The largest absolute Gasteiger partial charge is 0.490 e. The molecule has 0 spiro atoms. The van der Waals surface area contributed by atoms with E-state index < -0.39 is 23.9 Å². The lowest BCUT2D eigenvalue weighted by atomic mass is 9.76. The fourth-order valence-corrected chi connectivity index (χ4v) is 2.68. The van der Waals surface area contributed by atoms with Gasteiger partial charge >= 0.3 is 12.1 Å². The van der Waals surface area contributed by atoms with Gasteiger partial charge in [0, 0.05) is 38.1 Å². The van der Waals surface area contributed by atoms with Crippen molar-refractivity contribution in [1.29, 1.82) is 0 Å². The predicted octanol–water partition coefficient (Wildman–Crippen LogP) is 0.0318. The number of nitrogens with one attached hydrogen (secondary N) is 1. The Labute approximate surface area is 157 Å². The van der Waals surface area contributed by atoms with Crippen molar-refractivity contribution < 1.29 is 33.3 Å². The van der Waals surface area contributed by atoms with Crippen LogP contribution < -0.4 is 10.9 Å². The number of aromatic nitrogens is 3. The second kappa shape index (κ2) is 8.29. The summed E-state index contributed by atoms with van der Waals surface area (Å²) in [5.74, 6) is -2.76. The second-order valence-electron chi connectivity index (χ2n) is 6.58. The van der Waals surface area contributed by atoms with Crippen LogP contribution in [-0.2, 0) is 18.4 Å². The van der Waals surface area contributed by atoms with Crippen molar-refractivity contribution in [3.05, 3.63) is 34.5 Å². The van der Waals surface area contributed by atoms with E-state index in [1.165, 1.54) is 4.57 Å². The zero-order valence-electron chi connectivity index (χ0n) is 15.0. The van der Waals surface area contributed by atoms with Crippen molar-refractivity contribution in [2.75, 3.05) is 6.54 Å². The van der Waals surface area contributed by atoms with E-state index in [4.69, 9.17) is 9.90 Å². The summed E-state index contributed by atoms with van der Waals surface area (Å²) in [5, 5.41) is 34.4. The lowest BCUT2D eigenvalue weighted by Crippen LogP contribution is -2.52. The molecule has 2 heterocycles. The summed E-state index contributed by atoms with van der Waals surface area (Å²) in [6.07, 6.45) is 1.42. The molecule has 2 aromatic rings. The first-order valence-electron chi connectivity index (χ1n) is 8.39. The number of aryl methyl sites for hydroxylation is 1. The second-order valence-corrected chi connectivity index (χ2v) is 6.58. The van der Waals surface area contributed by atoms with E-state index in [0.717, 1.165) is 12.0 Å². The van der Waals surface area contributed by atoms with Crippen molar-refractivity contribution in [1.82, 2.24) is 19.5 Å². The Balaban J connectivity index is 0.000000345. The molecule has 0 saturated heterocycles. The number of hydrogen-bond acceptors (Lipinski definition) is 6. The number of hydrogen-bond donors (Lipinski definition) is 4. The molecule has 3 rings (SSSR count). The summed E-state index contributed by atoms with van der Waals surface area (Å²) in [7, 11) is 1.70. The van der Waals surface area contributed by atoms with Crippen LogP contribution in [0.15, 0.2) is 23.4 Å². The molecule has 9 nitrogen and oxygen atoms in total. The molecular formula is C16H21F3N4O5. The maximum Gasteiger partial charge on any atom is 0.490 e. The van der Waals surface area contributed by atoms with Gasteiger partial charge in [0.05, 0.1) is 17.9 Å². The normalized spacial score (nSPS) is 16.8. The fraction of sp³-hybridized carbons (Fsp3) is 0.562. The lowest BCUT2D eigenvalue weighted by Gasteiger charge is -2.40. The van der Waals surface area contributed by atoms with Crippen molar-refractivity contribution in [2.24, 2.45) is 7.05 Å². The quantitative estimate of drug-likeness (QED) is 0.551. The highest BCUT2D eigenvalue weighted by atomic mass is 19.4. The number of aliphatic carboxylic acids is 1. The van der Waals surface area contributed by atoms with Gasteiger partial charge in [-0.3, -0.25) is 4.79 Å². The molecule has 1 saturated carbocycles. The van der Waals surface area contributed by atoms with Crippen LogP contribution in [0.2, 0.25) is 0 Å². The third kappa shape index (κ3) is 4.88. The van der Waals surface area contributed by atoms with E-state index in [1.54, 1.807) is 30.2 Å². The lowest BCUT2D eigenvalue weighted by molar-refractivity contribution is -0.192. The first-order chi connectivity index (χ1) is 13.0. The standard InChI is InChI=1S/C14H20N4O3.C2HF3O2/c1-17-5-6-18-12(13(17)20)10(8-16-18)7-15-9-11(19)14(21)3-2-4-14;3-2(4,5)1(6)7/h5-6,8,11,15,19,21H,2-4,7,9H2,1H3;(H,6,7). The Bertz CT molecular complexity index is 889. The van der Waals surface area contributed by atoms with E-state index in [-0.39, 0.29) is 5.56 Å². The number of carboxylic acids is 1. The van der Waals surface area contributed by atoms with Gasteiger partial charge < -0.3 is 25.2 Å². The number of carboxylic acid groups (broad SMARTS) is 1. The summed E-state index contributed by atoms with van der Waals surface area (Å²) in [6.45, 7) is 0.719. The van der Waals surface area contributed by atoms with Gasteiger partial charge in [-0.15, -0.1) is 0 Å². The highest BCUT2D eigenvalue weighted by Gasteiger charge is 2.41. The van der Waals surface area contributed by atoms with Crippen molar-refractivity contribution >= 4 is 11.5 Å². The summed E-state index contributed by atoms with van der Waals surface area (Å²) in [6, 6.07) is 0. The molecule has 156 valence electrons. The predicted molar refractivity (Wildman–Crippen MR) is 90.6 cm³/mol. The maximum atomic E-state index is 12.1. The number of aliphatic hydroxyl groups is 2. The van der Waals surface area contributed by atoms with Gasteiger partial charge in [-0.1, -0.05) is 0 Å². The monoisotopic (exact) mass is 406 g/mol. The SMILES string of the molecule is Cn1ccn2ncc(CNCC(O)C3(O)CCC3)c2c1=O.O=C(O)C(F)(F)F. The molecule has 0 amide bonds. The summed E-state index contributed by atoms with van der Waals surface area (Å²) in [5.41, 5.74) is 0.267. The zero-order valence-corrected chi connectivity index (χ0v) is 15.0. The van der Waals surface area contributed by atoms with Gasteiger partial charge in [-0.2, -0.15) is 18.3 Å². The van der Waals surface area contributed by atoms with Crippen LogP contribution in [0.5, 0.6) is 0 Å². The summed E-state index contributed by atoms with van der Waals surface area (Å²) >= 11 is 0. The van der Waals surface area contributed by atoms with E-state index >= 15 is 0 Å². The van der Waals surface area contributed by atoms with Crippen LogP contribution in [-0.4, -0.2) is 59.9 Å². The molecule has 2 aromatic heterocycles. The van der Waals surface area contributed by atoms with Gasteiger partial charge in [-0.25, -0.2) is 9.31 Å². The summed E-state index contributed by atoms with van der Waals surface area (Å²) < 4.78 is 34.8. The molecule has 1 aliphatic carbocycles. The number of carbonyl (C=O) groups is 1. The van der Waals surface area contributed by atoms with Crippen LogP contribution in [0.25, 0.3) is 5.52 Å². The average Bonchev–Trinajstić information content (AvgIpc) is 2.99. The van der Waals surface area contributed by atoms with Crippen LogP contribution >= 0.6 is 0 Å². The summed E-state index contributed by atoms with van der Waals surface area (Å²) in [4.78, 5) is 21.0. The fourth-order valence-electron chi connectivity index (χ4n) is 2.68. The van der Waals surface area contributed by atoms with E-state index in [9.17, 15) is 28.2 Å². The minimum atomic E-state index is -5.08.